The third kappa shape index (κ3) is 1.63. The van der Waals surface area contributed by atoms with Crippen LogP contribution in [0.1, 0.15) is 27.7 Å². The van der Waals surface area contributed by atoms with Crippen LogP contribution in [-0.4, -0.2) is 19.5 Å². The van der Waals surface area contributed by atoms with E-state index in [0.29, 0.717) is 11.3 Å². The minimum absolute atomic E-state index is 0.0297. The predicted octanol–water partition coefficient (Wildman–Crippen LogP) is 2.73. The third-order valence-electron chi connectivity index (χ3n) is 2.42. The van der Waals surface area contributed by atoms with Gasteiger partial charge in [-0.3, -0.25) is 4.79 Å². The first-order chi connectivity index (χ1) is 7.15. The molecular formula is C11H11BrO3. The van der Waals surface area contributed by atoms with Crippen LogP contribution in [-0.2, 0) is 0 Å². The van der Waals surface area contributed by atoms with Crippen molar-refractivity contribution in [2.75, 3.05) is 13.7 Å². The van der Waals surface area contributed by atoms with E-state index in [1.54, 1.807) is 19.2 Å². The Morgan fingerprint density at radius 2 is 2.27 bits per heavy atom. The number of alkyl halides is 1. The first kappa shape index (κ1) is 10.5. The van der Waals surface area contributed by atoms with Gasteiger partial charge in [0.05, 0.1) is 18.2 Å². The molecule has 1 unspecified atom stereocenters. The van der Waals surface area contributed by atoms with Gasteiger partial charge in [-0.25, -0.2) is 0 Å². The molecule has 1 aromatic carbocycles. The molecule has 1 heterocycles. The monoisotopic (exact) mass is 270 g/mol. The molecule has 1 aliphatic rings. The average molecular weight is 271 g/mol. The average Bonchev–Trinajstić information content (AvgIpc) is 2.58. The number of carbonyl (C=O) groups excluding carboxylic acids is 1. The fraction of sp³-hybridized carbons (Fsp3) is 0.364. The number of carbonyl (C=O) groups is 1. The molecule has 1 atom stereocenters. The lowest BCUT2D eigenvalue weighted by Crippen LogP contribution is -1.98. The Bertz CT molecular complexity index is 413. The summed E-state index contributed by atoms with van der Waals surface area (Å²) in [4.78, 5) is 11.5. The van der Waals surface area contributed by atoms with Crippen LogP contribution < -0.4 is 9.47 Å². The van der Waals surface area contributed by atoms with Crippen molar-refractivity contribution in [3.05, 3.63) is 23.3 Å². The van der Waals surface area contributed by atoms with Gasteiger partial charge >= 0.3 is 0 Å². The molecule has 0 aliphatic carbocycles. The lowest BCUT2D eigenvalue weighted by molar-refractivity contribution is 0.0961. The Hall–Kier alpha value is -1.03. The fourth-order valence-corrected chi connectivity index (χ4v) is 2.16. The van der Waals surface area contributed by atoms with E-state index in [9.17, 15) is 4.79 Å². The molecule has 0 saturated carbocycles. The van der Waals surface area contributed by atoms with Crippen molar-refractivity contribution < 1.29 is 14.3 Å². The van der Waals surface area contributed by atoms with Crippen LogP contribution in [0.5, 0.6) is 11.5 Å². The minimum atomic E-state index is 0.0297. The van der Waals surface area contributed by atoms with Crippen molar-refractivity contribution in [3.63, 3.8) is 0 Å². The third-order valence-corrected chi connectivity index (χ3v) is 2.88. The summed E-state index contributed by atoms with van der Waals surface area (Å²) in [6, 6.07) is 3.56. The summed E-state index contributed by atoms with van der Waals surface area (Å²) in [5.41, 5.74) is 1.55. The SMILES string of the molecule is COc1ccc2c(c1C(C)Br)OCC2=O. The maximum Gasteiger partial charge on any atom is 0.203 e. The molecule has 2 rings (SSSR count). The second-order valence-corrected chi connectivity index (χ2v) is 4.76. The smallest absolute Gasteiger partial charge is 0.203 e. The van der Waals surface area contributed by atoms with Crippen LogP contribution in [0.25, 0.3) is 0 Å². The highest BCUT2D eigenvalue weighted by molar-refractivity contribution is 9.09. The molecule has 0 fully saturated rings. The lowest BCUT2D eigenvalue weighted by atomic mass is 10.0. The Labute approximate surface area is 96.5 Å². The second-order valence-electron chi connectivity index (χ2n) is 3.39. The molecule has 0 bridgehead atoms. The van der Waals surface area contributed by atoms with Crippen LogP contribution in [0.15, 0.2) is 12.1 Å². The van der Waals surface area contributed by atoms with E-state index >= 15 is 0 Å². The molecule has 80 valence electrons. The topological polar surface area (TPSA) is 35.5 Å². The zero-order valence-corrected chi connectivity index (χ0v) is 10.1. The Morgan fingerprint density at radius 1 is 1.53 bits per heavy atom. The highest BCUT2D eigenvalue weighted by atomic mass is 79.9. The van der Waals surface area contributed by atoms with Gasteiger partial charge in [-0.15, -0.1) is 0 Å². The van der Waals surface area contributed by atoms with Gasteiger partial charge in [0, 0.05) is 4.83 Å². The van der Waals surface area contributed by atoms with Gasteiger partial charge in [-0.2, -0.15) is 0 Å². The minimum Gasteiger partial charge on any atom is -0.496 e. The van der Waals surface area contributed by atoms with Gasteiger partial charge in [0.15, 0.2) is 6.61 Å². The summed E-state index contributed by atoms with van der Waals surface area (Å²) in [5.74, 6) is 1.43. The zero-order chi connectivity index (χ0) is 11.0. The second kappa shape index (κ2) is 3.85. The van der Waals surface area contributed by atoms with Crippen molar-refractivity contribution in [1.29, 1.82) is 0 Å². The Balaban J connectivity index is 2.63. The highest BCUT2D eigenvalue weighted by Crippen LogP contribution is 2.42. The number of hydrogen-bond donors (Lipinski definition) is 0. The van der Waals surface area contributed by atoms with E-state index in [1.165, 1.54) is 0 Å². The molecule has 0 saturated heterocycles. The van der Waals surface area contributed by atoms with E-state index in [2.05, 4.69) is 15.9 Å². The normalized spacial score (nSPS) is 15.8. The molecular weight excluding hydrogens is 260 g/mol. The first-order valence-electron chi connectivity index (χ1n) is 4.66. The van der Waals surface area contributed by atoms with Crippen molar-refractivity contribution in [3.8, 4) is 11.5 Å². The van der Waals surface area contributed by atoms with E-state index < -0.39 is 0 Å². The predicted molar refractivity (Wildman–Crippen MR) is 60.2 cm³/mol. The van der Waals surface area contributed by atoms with E-state index in [0.717, 1.165) is 11.3 Å². The Morgan fingerprint density at radius 3 is 2.87 bits per heavy atom. The number of halogens is 1. The number of ketones is 1. The fourth-order valence-electron chi connectivity index (χ4n) is 1.73. The van der Waals surface area contributed by atoms with E-state index in [-0.39, 0.29) is 17.2 Å². The summed E-state index contributed by atoms with van der Waals surface area (Å²) in [5, 5.41) is 0. The molecule has 0 spiro atoms. The number of Topliss-reactive ketones (excluding diaryl/α,β-unsaturated/α-hetero) is 1. The largest absolute Gasteiger partial charge is 0.496 e. The summed E-state index contributed by atoms with van der Waals surface area (Å²) >= 11 is 3.48. The highest BCUT2D eigenvalue weighted by Gasteiger charge is 2.27. The molecule has 3 nitrogen and oxygen atoms in total. The molecule has 0 amide bonds. The van der Waals surface area contributed by atoms with Crippen molar-refractivity contribution >= 4 is 21.7 Å². The summed E-state index contributed by atoms with van der Waals surface area (Å²) in [7, 11) is 1.61. The van der Waals surface area contributed by atoms with Gasteiger partial charge in [-0.05, 0) is 19.1 Å². The molecule has 1 aromatic rings. The lowest BCUT2D eigenvalue weighted by Gasteiger charge is -2.13. The number of ether oxygens (including phenoxy) is 2. The molecule has 15 heavy (non-hydrogen) atoms. The van der Waals surface area contributed by atoms with E-state index in [1.807, 2.05) is 6.92 Å². The van der Waals surface area contributed by atoms with Crippen LogP contribution in [0.2, 0.25) is 0 Å². The number of benzene rings is 1. The van der Waals surface area contributed by atoms with E-state index in [4.69, 9.17) is 9.47 Å². The zero-order valence-electron chi connectivity index (χ0n) is 8.54. The van der Waals surface area contributed by atoms with Crippen LogP contribution in [0.3, 0.4) is 0 Å². The maximum atomic E-state index is 11.5. The van der Waals surface area contributed by atoms with Gasteiger partial charge < -0.3 is 9.47 Å². The quantitative estimate of drug-likeness (QED) is 0.776. The Kier molecular flexibility index (Phi) is 2.69. The van der Waals surface area contributed by atoms with Crippen LogP contribution >= 0.6 is 15.9 Å². The first-order valence-corrected chi connectivity index (χ1v) is 5.57. The molecule has 0 N–H and O–H groups in total. The molecule has 1 aliphatic heterocycles. The molecule has 0 radical (unpaired) electrons. The summed E-state index contributed by atoms with van der Waals surface area (Å²) in [6.07, 6.45) is 0. The number of rotatable bonds is 2. The number of fused-ring (bicyclic) bond motifs is 1. The maximum absolute atomic E-state index is 11.5. The van der Waals surface area contributed by atoms with Gasteiger partial charge in [0.25, 0.3) is 0 Å². The molecule has 0 aromatic heterocycles. The van der Waals surface area contributed by atoms with Gasteiger partial charge in [-0.1, -0.05) is 15.9 Å². The standard InChI is InChI=1S/C11H11BrO3/c1-6(12)10-9(14-2)4-3-7-8(13)5-15-11(7)10/h3-4,6H,5H2,1-2H3. The summed E-state index contributed by atoms with van der Waals surface area (Å²) < 4.78 is 10.6. The summed E-state index contributed by atoms with van der Waals surface area (Å²) in [6.45, 7) is 2.11. The van der Waals surface area contributed by atoms with Gasteiger partial charge in [0.2, 0.25) is 5.78 Å². The number of hydrogen-bond acceptors (Lipinski definition) is 3. The van der Waals surface area contributed by atoms with Crippen molar-refractivity contribution in [2.24, 2.45) is 0 Å². The molecule has 4 heteroatoms. The van der Waals surface area contributed by atoms with Crippen molar-refractivity contribution in [2.45, 2.75) is 11.8 Å². The van der Waals surface area contributed by atoms with Crippen LogP contribution in [0, 0.1) is 0 Å². The van der Waals surface area contributed by atoms with Crippen molar-refractivity contribution in [1.82, 2.24) is 0 Å². The van der Waals surface area contributed by atoms with Gasteiger partial charge in [0.1, 0.15) is 11.5 Å². The van der Waals surface area contributed by atoms with Crippen LogP contribution in [0.4, 0.5) is 0 Å². The number of methoxy groups -OCH3 is 1.